The second-order valence-electron chi connectivity index (χ2n) is 7.48. The minimum atomic E-state index is -0.242. The second kappa shape index (κ2) is 7.67. The maximum atomic E-state index is 13.3. The maximum Gasteiger partial charge on any atom is 0.158 e. The molecule has 0 unspecified atom stereocenters. The van der Waals surface area contributed by atoms with E-state index in [-0.39, 0.29) is 5.82 Å². The standard InChI is InChI=1S/C23H25FN4S/c1-6-16(7-2)19-12-13(3)27-28-20(14(4)25-22(19)28)21-15(5)26-23(29-21)17-8-10-18(24)11-9-17/h8-12,16H,6-7H2,1-5H3. The molecule has 0 atom stereocenters. The lowest BCUT2D eigenvalue weighted by molar-refractivity contribution is 0.628. The topological polar surface area (TPSA) is 43.1 Å². The lowest BCUT2D eigenvalue weighted by Crippen LogP contribution is -2.05. The lowest BCUT2D eigenvalue weighted by atomic mass is 9.95. The molecule has 0 aliphatic rings. The Morgan fingerprint density at radius 2 is 1.69 bits per heavy atom. The third-order valence-corrected chi connectivity index (χ3v) is 6.65. The van der Waals surface area contributed by atoms with E-state index in [1.807, 2.05) is 25.3 Å². The first-order valence-electron chi connectivity index (χ1n) is 10.0. The Balaban J connectivity index is 1.91. The molecule has 0 bridgehead atoms. The summed E-state index contributed by atoms with van der Waals surface area (Å²) >= 11 is 1.60. The average Bonchev–Trinajstić information content (AvgIpc) is 3.22. The Morgan fingerprint density at radius 1 is 1.00 bits per heavy atom. The fourth-order valence-corrected chi connectivity index (χ4v) is 5.05. The molecule has 0 N–H and O–H groups in total. The first-order chi connectivity index (χ1) is 13.9. The highest BCUT2D eigenvalue weighted by Crippen LogP contribution is 2.38. The normalized spacial score (nSPS) is 11.7. The van der Waals surface area contributed by atoms with Crippen molar-refractivity contribution in [3.8, 4) is 21.1 Å². The number of imidazole rings is 1. The van der Waals surface area contributed by atoms with Crippen molar-refractivity contribution in [2.75, 3.05) is 0 Å². The van der Waals surface area contributed by atoms with E-state index >= 15 is 0 Å². The molecular weight excluding hydrogens is 383 g/mol. The molecule has 0 aliphatic carbocycles. The largest absolute Gasteiger partial charge is 0.241 e. The van der Waals surface area contributed by atoms with E-state index < -0.39 is 0 Å². The van der Waals surface area contributed by atoms with Crippen LogP contribution in [-0.4, -0.2) is 19.6 Å². The van der Waals surface area contributed by atoms with Crippen LogP contribution in [0, 0.1) is 26.6 Å². The van der Waals surface area contributed by atoms with Gasteiger partial charge in [-0.25, -0.2) is 18.9 Å². The van der Waals surface area contributed by atoms with Crippen molar-refractivity contribution in [1.29, 1.82) is 0 Å². The molecule has 6 heteroatoms. The first kappa shape index (κ1) is 19.7. The van der Waals surface area contributed by atoms with Gasteiger partial charge in [0.25, 0.3) is 0 Å². The van der Waals surface area contributed by atoms with Crippen molar-refractivity contribution in [2.45, 2.75) is 53.4 Å². The van der Waals surface area contributed by atoms with Gasteiger partial charge in [-0.1, -0.05) is 13.8 Å². The van der Waals surface area contributed by atoms with Gasteiger partial charge in [-0.05, 0) is 69.9 Å². The van der Waals surface area contributed by atoms with Crippen molar-refractivity contribution in [3.63, 3.8) is 0 Å². The molecule has 1 aromatic carbocycles. The Labute approximate surface area is 174 Å². The third kappa shape index (κ3) is 3.46. The fraction of sp³-hybridized carbons (Fsp3) is 0.348. The molecule has 150 valence electrons. The number of hydrogen-bond acceptors (Lipinski definition) is 4. The highest BCUT2D eigenvalue weighted by Gasteiger charge is 2.22. The molecule has 4 rings (SSSR count). The molecule has 0 aliphatic heterocycles. The van der Waals surface area contributed by atoms with Crippen molar-refractivity contribution >= 4 is 17.0 Å². The molecule has 3 heterocycles. The lowest BCUT2D eigenvalue weighted by Gasteiger charge is -2.14. The number of rotatable bonds is 5. The summed E-state index contributed by atoms with van der Waals surface area (Å²) in [4.78, 5) is 10.7. The number of nitrogens with zero attached hydrogens (tertiary/aromatic N) is 4. The van der Waals surface area contributed by atoms with Gasteiger partial charge >= 0.3 is 0 Å². The summed E-state index contributed by atoms with van der Waals surface area (Å²) < 4.78 is 15.3. The van der Waals surface area contributed by atoms with Gasteiger partial charge in [0, 0.05) is 11.1 Å². The van der Waals surface area contributed by atoms with E-state index in [4.69, 9.17) is 15.1 Å². The number of thiazole rings is 1. The molecule has 3 aromatic heterocycles. The monoisotopic (exact) mass is 408 g/mol. The van der Waals surface area contributed by atoms with Gasteiger partial charge in [-0.15, -0.1) is 11.3 Å². The number of halogens is 1. The predicted octanol–water partition coefficient (Wildman–Crippen LogP) is 6.49. The van der Waals surface area contributed by atoms with Crippen molar-refractivity contribution < 1.29 is 4.39 Å². The van der Waals surface area contributed by atoms with Crippen molar-refractivity contribution in [3.05, 3.63) is 58.8 Å². The molecule has 0 radical (unpaired) electrons. The van der Waals surface area contributed by atoms with Gasteiger partial charge < -0.3 is 0 Å². The molecule has 4 nitrogen and oxygen atoms in total. The highest BCUT2D eigenvalue weighted by molar-refractivity contribution is 7.18. The van der Waals surface area contributed by atoms with Gasteiger partial charge in [-0.2, -0.15) is 5.10 Å². The number of aromatic nitrogens is 4. The van der Waals surface area contributed by atoms with Gasteiger partial charge in [0.15, 0.2) is 5.65 Å². The smallest absolute Gasteiger partial charge is 0.158 e. The quantitative estimate of drug-likeness (QED) is 0.379. The van der Waals surface area contributed by atoms with E-state index in [0.717, 1.165) is 56.7 Å². The zero-order valence-corrected chi connectivity index (χ0v) is 18.3. The van der Waals surface area contributed by atoms with Crippen LogP contribution in [0.4, 0.5) is 4.39 Å². The van der Waals surface area contributed by atoms with Crippen LogP contribution in [0.25, 0.3) is 26.8 Å². The molecule has 4 aromatic rings. The summed E-state index contributed by atoms with van der Waals surface area (Å²) in [6.45, 7) is 10.5. The molecule has 0 amide bonds. The maximum absolute atomic E-state index is 13.3. The van der Waals surface area contributed by atoms with E-state index in [0.29, 0.717) is 5.92 Å². The number of benzene rings is 1. The number of fused-ring (bicyclic) bond motifs is 1. The van der Waals surface area contributed by atoms with Crippen LogP contribution in [0.1, 0.15) is 55.3 Å². The van der Waals surface area contributed by atoms with Crippen molar-refractivity contribution in [1.82, 2.24) is 19.6 Å². The van der Waals surface area contributed by atoms with Crippen LogP contribution in [0.3, 0.4) is 0 Å². The van der Waals surface area contributed by atoms with E-state index in [2.05, 4.69) is 19.9 Å². The summed E-state index contributed by atoms with van der Waals surface area (Å²) in [5.41, 5.74) is 6.99. The molecule has 0 fully saturated rings. The van der Waals surface area contributed by atoms with Crippen LogP contribution < -0.4 is 0 Å². The first-order valence-corrected chi connectivity index (χ1v) is 10.8. The SMILES string of the molecule is CCC(CC)c1cc(C)nn2c(-c3sc(-c4ccc(F)cc4)nc3C)c(C)nc12. The van der Waals surface area contributed by atoms with Crippen LogP contribution in [0.15, 0.2) is 30.3 Å². The van der Waals surface area contributed by atoms with Crippen LogP contribution >= 0.6 is 11.3 Å². The minimum absolute atomic E-state index is 0.242. The molecule has 0 saturated carbocycles. The minimum Gasteiger partial charge on any atom is -0.241 e. The highest BCUT2D eigenvalue weighted by atomic mass is 32.1. The summed E-state index contributed by atoms with van der Waals surface area (Å²) in [5, 5.41) is 5.68. The van der Waals surface area contributed by atoms with Crippen LogP contribution in [0.2, 0.25) is 0 Å². The van der Waals surface area contributed by atoms with E-state index in [1.54, 1.807) is 23.5 Å². The van der Waals surface area contributed by atoms with Gasteiger partial charge in [0.1, 0.15) is 16.5 Å². The Morgan fingerprint density at radius 3 is 2.34 bits per heavy atom. The second-order valence-corrected chi connectivity index (χ2v) is 8.48. The Kier molecular flexibility index (Phi) is 5.21. The summed E-state index contributed by atoms with van der Waals surface area (Å²) in [6, 6.07) is 8.65. The molecule has 0 spiro atoms. The Hall–Kier alpha value is -2.60. The zero-order valence-electron chi connectivity index (χ0n) is 17.5. The van der Waals surface area contributed by atoms with E-state index in [9.17, 15) is 4.39 Å². The van der Waals surface area contributed by atoms with Crippen molar-refractivity contribution in [2.24, 2.45) is 0 Å². The van der Waals surface area contributed by atoms with Gasteiger partial charge in [0.2, 0.25) is 0 Å². The predicted molar refractivity (Wildman–Crippen MR) is 117 cm³/mol. The average molecular weight is 409 g/mol. The van der Waals surface area contributed by atoms with Gasteiger partial charge in [-0.3, -0.25) is 0 Å². The molecule has 29 heavy (non-hydrogen) atoms. The third-order valence-electron chi connectivity index (χ3n) is 5.44. The number of hydrogen-bond donors (Lipinski definition) is 0. The van der Waals surface area contributed by atoms with Crippen LogP contribution in [0.5, 0.6) is 0 Å². The fourth-order valence-electron chi connectivity index (χ4n) is 3.90. The van der Waals surface area contributed by atoms with Gasteiger partial charge in [0.05, 0.1) is 22.0 Å². The summed E-state index contributed by atoms with van der Waals surface area (Å²) in [6.07, 6.45) is 2.15. The molecular formula is C23H25FN4S. The molecule has 0 saturated heterocycles. The number of aryl methyl sites for hydroxylation is 3. The zero-order chi connectivity index (χ0) is 20.7. The van der Waals surface area contributed by atoms with Crippen LogP contribution in [-0.2, 0) is 0 Å². The Bertz CT molecular complexity index is 1170. The summed E-state index contributed by atoms with van der Waals surface area (Å²) in [7, 11) is 0. The van der Waals surface area contributed by atoms with E-state index in [1.165, 1.54) is 17.7 Å². The summed E-state index contributed by atoms with van der Waals surface area (Å²) in [5.74, 6) is 0.222.